The standard InChI is InChI=1S/C11H20NO2S2Si/c1-5-10-9(2)16-11(12-10)15-7-6-8-17(13-3)14-4/h5-8H2,1-4H3/q+1. The number of rotatable bonds is 8. The summed E-state index contributed by atoms with van der Waals surface area (Å²) in [4.78, 5) is 5.97. The first-order valence-corrected chi connectivity index (χ1v) is 9.06. The van der Waals surface area contributed by atoms with Gasteiger partial charge >= 0.3 is 9.28 Å². The van der Waals surface area contributed by atoms with E-state index < -0.39 is 9.28 Å². The van der Waals surface area contributed by atoms with E-state index >= 15 is 0 Å². The van der Waals surface area contributed by atoms with Crippen LogP contribution in [0.4, 0.5) is 0 Å². The van der Waals surface area contributed by atoms with E-state index in [2.05, 4.69) is 18.8 Å². The highest BCUT2D eigenvalue weighted by atomic mass is 32.2. The van der Waals surface area contributed by atoms with Gasteiger partial charge in [-0.3, -0.25) is 0 Å². The van der Waals surface area contributed by atoms with Crippen molar-refractivity contribution in [2.75, 3.05) is 20.0 Å². The van der Waals surface area contributed by atoms with Crippen LogP contribution in [0.25, 0.3) is 0 Å². The number of hydrogen-bond donors (Lipinski definition) is 0. The Morgan fingerprint density at radius 3 is 2.59 bits per heavy atom. The minimum absolute atomic E-state index is 1.01. The average Bonchev–Trinajstić information content (AvgIpc) is 2.70. The zero-order chi connectivity index (χ0) is 12.7. The van der Waals surface area contributed by atoms with Crippen LogP contribution in [-0.2, 0) is 15.3 Å². The Morgan fingerprint density at radius 1 is 1.35 bits per heavy atom. The molecule has 1 aromatic heterocycles. The molecule has 3 nitrogen and oxygen atoms in total. The topological polar surface area (TPSA) is 31.4 Å². The van der Waals surface area contributed by atoms with Crippen molar-refractivity contribution in [3.05, 3.63) is 10.6 Å². The maximum absolute atomic E-state index is 5.25. The highest BCUT2D eigenvalue weighted by Gasteiger charge is 2.28. The minimum Gasteiger partial charge on any atom is -0.234 e. The van der Waals surface area contributed by atoms with Crippen molar-refractivity contribution in [3.8, 4) is 0 Å². The Morgan fingerprint density at radius 2 is 2.06 bits per heavy atom. The number of thioether (sulfide) groups is 1. The van der Waals surface area contributed by atoms with E-state index in [-0.39, 0.29) is 0 Å². The monoisotopic (exact) mass is 290 g/mol. The zero-order valence-corrected chi connectivity index (χ0v) is 13.5. The third kappa shape index (κ3) is 5.09. The second kappa shape index (κ2) is 8.26. The lowest BCUT2D eigenvalue weighted by Gasteiger charge is -1.96. The van der Waals surface area contributed by atoms with Gasteiger partial charge in [0.1, 0.15) is 10.4 Å². The van der Waals surface area contributed by atoms with Crippen LogP contribution < -0.4 is 0 Å². The van der Waals surface area contributed by atoms with E-state index in [4.69, 9.17) is 8.85 Å². The normalized spacial score (nSPS) is 10.8. The molecule has 1 heterocycles. The molecule has 17 heavy (non-hydrogen) atoms. The maximum atomic E-state index is 5.25. The molecule has 0 amide bonds. The van der Waals surface area contributed by atoms with Crippen molar-refractivity contribution in [3.63, 3.8) is 0 Å². The Kier molecular flexibility index (Phi) is 7.37. The molecule has 0 aliphatic heterocycles. The van der Waals surface area contributed by atoms with E-state index in [9.17, 15) is 0 Å². The van der Waals surface area contributed by atoms with Crippen LogP contribution in [0.2, 0.25) is 6.04 Å². The summed E-state index contributed by atoms with van der Waals surface area (Å²) in [6.07, 6.45) is 2.16. The Balaban J connectivity index is 2.26. The lowest BCUT2D eigenvalue weighted by molar-refractivity contribution is 0.277. The molecule has 0 unspecified atom stereocenters. The molecule has 1 rings (SSSR count). The molecule has 0 aliphatic rings. The Hall–Kier alpha value is 0.117. The Bertz CT molecular complexity index is 329. The number of aromatic nitrogens is 1. The number of aryl methyl sites for hydroxylation is 2. The lowest BCUT2D eigenvalue weighted by Crippen LogP contribution is -2.18. The molecule has 0 N–H and O–H groups in total. The van der Waals surface area contributed by atoms with E-state index in [0.717, 1.165) is 24.6 Å². The molecule has 0 bridgehead atoms. The first kappa shape index (κ1) is 15.2. The van der Waals surface area contributed by atoms with Gasteiger partial charge in [-0.2, -0.15) is 0 Å². The van der Waals surface area contributed by atoms with Crippen LogP contribution in [0, 0.1) is 6.92 Å². The van der Waals surface area contributed by atoms with Gasteiger partial charge in [-0.05, 0) is 19.8 Å². The van der Waals surface area contributed by atoms with Gasteiger partial charge in [-0.15, -0.1) is 11.3 Å². The molecule has 0 fully saturated rings. The molecule has 0 radical (unpaired) electrons. The maximum Gasteiger partial charge on any atom is 0.643 e. The third-order valence-corrected chi connectivity index (χ3v) is 6.33. The van der Waals surface area contributed by atoms with Crippen LogP contribution in [0.15, 0.2) is 4.34 Å². The highest BCUT2D eigenvalue weighted by Crippen LogP contribution is 2.27. The van der Waals surface area contributed by atoms with Gasteiger partial charge < -0.3 is 0 Å². The van der Waals surface area contributed by atoms with E-state index in [1.165, 1.54) is 14.9 Å². The fourth-order valence-electron chi connectivity index (χ4n) is 1.45. The first-order valence-electron chi connectivity index (χ1n) is 5.74. The smallest absolute Gasteiger partial charge is 0.234 e. The summed E-state index contributed by atoms with van der Waals surface area (Å²) in [5, 5.41) is 0. The second-order valence-electron chi connectivity index (χ2n) is 3.57. The largest absolute Gasteiger partial charge is 0.643 e. The SMILES string of the molecule is CCc1nc(SCCC[Si+](OC)OC)sc1C. The molecule has 0 spiro atoms. The van der Waals surface area contributed by atoms with Crippen LogP contribution >= 0.6 is 23.1 Å². The number of thiazole rings is 1. The Labute approximate surface area is 114 Å². The van der Waals surface area contributed by atoms with Crippen LogP contribution in [-0.4, -0.2) is 34.2 Å². The summed E-state index contributed by atoms with van der Waals surface area (Å²) in [5.41, 5.74) is 1.25. The van der Waals surface area contributed by atoms with Crippen molar-refractivity contribution >= 4 is 32.4 Å². The lowest BCUT2D eigenvalue weighted by atomic mass is 10.3. The quantitative estimate of drug-likeness (QED) is 0.418. The fraction of sp³-hybridized carbons (Fsp3) is 0.727. The summed E-state index contributed by atoms with van der Waals surface area (Å²) < 4.78 is 11.7. The number of hydrogen-bond acceptors (Lipinski definition) is 5. The van der Waals surface area contributed by atoms with E-state index in [1.54, 1.807) is 25.6 Å². The van der Waals surface area contributed by atoms with Gasteiger partial charge in [0.2, 0.25) is 0 Å². The molecular weight excluding hydrogens is 270 g/mol. The molecule has 0 saturated heterocycles. The summed E-state index contributed by atoms with van der Waals surface area (Å²) >= 11 is 3.65. The molecular formula is C11H20NO2S2Si+. The van der Waals surface area contributed by atoms with Gasteiger partial charge in [-0.1, -0.05) is 18.7 Å². The van der Waals surface area contributed by atoms with E-state index in [1.807, 2.05) is 11.8 Å². The van der Waals surface area contributed by atoms with Crippen LogP contribution in [0.3, 0.4) is 0 Å². The minimum atomic E-state index is -1.01. The van der Waals surface area contributed by atoms with Gasteiger partial charge in [0.15, 0.2) is 0 Å². The van der Waals surface area contributed by atoms with Gasteiger partial charge in [0.05, 0.1) is 19.9 Å². The van der Waals surface area contributed by atoms with Gasteiger partial charge in [-0.25, -0.2) is 13.8 Å². The summed E-state index contributed by atoms with van der Waals surface area (Å²) in [5.74, 6) is 1.09. The molecule has 1 aromatic rings. The molecule has 0 aromatic carbocycles. The van der Waals surface area contributed by atoms with Crippen molar-refractivity contribution in [2.24, 2.45) is 0 Å². The molecule has 0 saturated carbocycles. The molecule has 6 heteroatoms. The highest BCUT2D eigenvalue weighted by molar-refractivity contribution is 8.01. The summed E-state index contributed by atoms with van der Waals surface area (Å²) in [7, 11) is 2.43. The van der Waals surface area contributed by atoms with Gasteiger partial charge in [0.25, 0.3) is 0 Å². The predicted molar refractivity (Wildman–Crippen MR) is 76.1 cm³/mol. The predicted octanol–water partition coefficient (Wildman–Crippen LogP) is 3.28. The van der Waals surface area contributed by atoms with Crippen LogP contribution in [0.5, 0.6) is 0 Å². The fourth-order valence-corrected chi connectivity index (χ4v) is 4.98. The first-order chi connectivity index (χ1) is 8.21. The van der Waals surface area contributed by atoms with E-state index in [0.29, 0.717) is 0 Å². The molecule has 0 aliphatic carbocycles. The second-order valence-corrected chi connectivity index (χ2v) is 8.17. The molecule has 0 atom stereocenters. The zero-order valence-electron chi connectivity index (χ0n) is 10.9. The van der Waals surface area contributed by atoms with Crippen LogP contribution in [0.1, 0.15) is 23.9 Å². The summed E-state index contributed by atoms with van der Waals surface area (Å²) in [6.45, 7) is 4.31. The van der Waals surface area contributed by atoms with Crippen molar-refractivity contribution < 1.29 is 8.85 Å². The van der Waals surface area contributed by atoms with Crippen molar-refractivity contribution in [1.82, 2.24) is 4.98 Å². The van der Waals surface area contributed by atoms with Crippen molar-refractivity contribution in [2.45, 2.75) is 37.1 Å². The summed E-state index contributed by atoms with van der Waals surface area (Å²) in [6, 6.07) is 1.04. The van der Waals surface area contributed by atoms with Gasteiger partial charge in [0, 0.05) is 10.6 Å². The number of nitrogens with zero attached hydrogens (tertiary/aromatic N) is 1. The van der Waals surface area contributed by atoms with Crippen molar-refractivity contribution in [1.29, 1.82) is 0 Å². The third-order valence-electron chi connectivity index (χ3n) is 2.41. The molecule has 96 valence electrons. The average molecular weight is 291 g/mol.